The number of hydrogen-bond donors (Lipinski definition) is 1. The molecule has 14 heavy (non-hydrogen) atoms. The van der Waals surface area contributed by atoms with Crippen LogP contribution in [0.5, 0.6) is 5.75 Å². The summed E-state index contributed by atoms with van der Waals surface area (Å²) >= 11 is 2.86. The Balaban J connectivity index is 2.85. The smallest absolute Gasteiger partial charge is 0.272 e. The third-order valence-corrected chi connectivity index (χ3v) is 1.91. The number of rotatable bonds is 3. The Hall–Kier alpha value is -0.980. The summed E-state index contributed by atoms with van der Waals surface area (Å²) in [6.07, 6.45) is -2.63. The van der Waals surface area contributed by atoms with Gasteiger partial charge in [0.2, 0.25) is 5.95 Å². The number of hydrogen-bond acceptors (Lipinski definition) is 3. The van der Waals surface area contributed by atoms with Gasteiger partial charge in [-0.05, 0) is 15.9 Å². The van der Waals surface area contributed by atoms with E-state index in [1.807, 2.05) is 0 Å². The molecule has 0 bridgehead atoms. The molecule has 0 saturated heterocycles. The Morgan fingerprint density at radius 3 is 2.79 bits per heavy atom. The molecular weight excluding hydrogens is 265 g/mol. The maximum Gasteiger partial charge on any atom is 0.272 e. The van der Waals surface area contributed by atoms with Crippen molar-refractivity contribution in [3.63, 3.8) is 0 Å². The van der Waals surface area contributed by atoms with Crippen LogP contribution < -0.4 is 10.5 Å². The fraction of sp³-hybridized carbons (Fsp3) is 0.286. The van der Waals surface area contributed by atoms with Gasteiger partial charge in [0, 0.05) is 6.07 Å². The second-order valence-corrected chi connectivity index (χ2v) is 3.10. The first-order chi connectivity index (χ1) is 6.50. The van der Waals surface area contributed by atoms with Gasteiger partial charge in [-0.2, -0.15) is 4.39 Å². The van der Waals surface area contributed by atoms with Gasteiger partial charge >= 0.3 is 0 Å². The lowest BCUT2D eigenvalue weighted by Gasteiger charge is -2.08. The molecule has 1 aromatic heterocycles. The molecule has 0 aliphatic heterocycles. The first-order valence-electron chi connectivity index (χ1n) is 3.53. The topological polar surface area (TPSA) is 48.1 Å². The monoisotopic (exact) mass is 270 g/mol. The largest absolute Gasteiger partial charge is 0.485 e. The van der Waals surface area contributed by atoms with Crippen molar-refractivity contribution in [1.82, 2.24) is 4.98 Å². The summed E-state index contributed by atoms with van der Waals surface area (Å²) in [7, 11) is 0. The Morgan fingerprint density at radius 1 is 1.57 bits per heavy atom. The number of pyridine rings is 1. The van der Waals surface area contributed by atoms with E-state index in [1.54, 1.807) is 0 Å². The van der Waals surface area contributed by atoms with Crippen LogP contribution in [-0.4, -0.2) is 18.0 Å². The van der Waals surface area contributed by atoms with Gasteiger partial charge in [-0.1, -0.05) is 0 Å². The third-order valence-electron chi connectivity index (χ3n) is 1.31. The highest BCUT2D eigenvalue weighted by molar-refractivity contribution is 9.10. The van der Waals surface area contributed by atoms with Gasteiger partial charge < -0.3 is 10.5 Å². The maximum absolute atomic E-state index is 12.7. The Labute approximate surface area is 86.2 Å². The summed E-state index contributed by atoms with van der Waals surface area (Å²) in [5, 5.41) is 0. The van der Waals surface area contributed by atoms with E-state index in [2.05, 4.69) is 25.7 Å². The molecule has 0 unspecified atom stereocenters. The van der Waals surface area contributed by atoms with Gasteiger partial charge in [0.05, 0.1) is 0 Å². The zero-order chi connectivity index (χ0) is 10.7. The fourth-order valence-corrected chi connectivity index (χ4v) is 1.11. The highest BCUT2D eigenvalue weighted by atomic mass is 79.9. The Bertz CT molecular complexity index is 335. The van der Waals surface area contributed by atoms with Gasteiger partial charge in [-0.15, -0.1) is 0 Å². The van der Waals surface area contributed by atoms with Gasteiger partial charge in [0.15, 0.2) is 0 Å². The molecule has 0 amide bonds. The number of alkyl halides is 2. The van der Waals surface area contributed by atoms with Crippen LogP contribution in [0.25, 0.3) is 0 Å². The van der Waals surface area contributed by atoms with Crippen molar-refractivity contribution < 1.29 is 17.9 Å². The number of nitrogen functional groups attached to an aromatic ring is 1. The second-order valence-electron chi connectivity index (χ2n) is 2.35. The zero-order valence-electron chi connectivity index (χ0n) is 6.81. The maximum atomic E-state index is 12.7. The number of anilines is 1. The van der Waals surface area contributed by atoms with E-state index >= 15 is 0 Å². The standard InChI is InChI=1S/C7H6BrF3N2O/c8-7-6(12)3(1-5(11)13-7)14-2-4(9)10/h1,4H,2,12H2. The molecular formula is C7H6BrF3N2O. The molecule has 0 spiro atoms. The minimum atomic E-state index is -2.63. The van der Waals surface area contributed by atoms with Crippen LogP contribution in [0.15, 0.2) is 10.7 Å². The highest BCUT2D eigenvalue weighted by Crippen LogP contribution is 2.28. The van der Waals surface area contributed by atoms with Gasteiger partial charge in [0.25, 0.3) is 6.43 Å². The van der Waals surface area contributed by atoms with Crippen molar-refractivity contribution >= 4 is 21.6 Å². The summed E-state index contributed by atoms with van der Waals surface area (Å²) in [4.78, 5) is 3.32. The van der Waals surface area contributed by atoms with Crippen molar-refractivity contribution in [2.45, 2.75) is 6.43 Å². The second kappa shape index (κ2) is 4.50. The molecule has 0 saturated carbocycles. The van der Waals surface area contributed by atoms with Crippen LogP contribution in [0, 0.1) is 5.95 Å². The summed E-state index contributed by atoms with van der Waals surface area (Å²) < 4.78 is 40.8. The average molecular weight is 271 g/mol. The first-order valence-corrected chi connectivity index (χ1v) is 4.32. The Morgan fingerprint density at radius 2 is 2.21 bits per heavy atom. The average Bonchev–Trinajstić information content (AvgIpc) is 2.08. The lowest BCUT2D eigenvalue weighted by Crippen LogP contribution is -2.09. The van der Waals surface area contributed by atoms with Crippen molar-refractivity contribution in [1.29, 1.82) is 0 Å². The highest BCUT2D eigenvalue weighted by Gasteiger charge is 2.11. The molecule has 7 heteroatoms. The van der Waals surface area contributed by atoms with Crippen molar-refractivity contribution in [2.75, 3.05) is 12.3 Å². The molecule has 0 fully saturated rings. The summed E-state index contributed by atoms with van der Waals surface area (Å²) in [5.41, 5.74) is 5.38. The lowest BCUT2D eigenvalue weighted by atomic mass is 10.4. The quantitative estimate of drug-likeness (QED) is 0.857. The third kappa shape index (κ3) is 2.76. The van der Waals surface area contributed by atoms with E-state index in [0.717, 1.165) is 6.07 Å². The van der Waals surface area contributed by atoms with Crippen molar-refractivity contribution in [2.24, 2.45) is 0 Å². The van der Waals surface area contributed by atoms with Crippen LogP contribution in [0.3, 0.4) is 0 Å². The zero-order valence-corrected chi connectivity index (χ0v) is 8.39. The van der Waals surface area contributed by atoms with Crippen LogP contribution >= 0.6 is 15.9 Å². The molecule has 3 nitrogen and oxygen atoms in total. The number of aromatic nitrogens is 1. The van der Waals surface area contributed by atoms with E-state index in [1.165, 1.54) is 0 Å². The van der Waals surface area contributed by atoms with Crippen molar-refractivity contribution in [3.8, 4) is 5.75 Å². The number of ether oxygens (including phenoxy) is 1. The molecule has 1 aromatic rings. The molecule has 0 aliphatic carbocycles. The van der Waals surface area contributed by atoms with Crippen LogP contribution in [-0.2, 0) is 0 Å². The van der Waals surface area contributed by atoms with Gasteiger partial charge in [-0.25, -0.2) is 13.8 Å². The predicted molar refractivity (Wildman–Crippen MR) is 47.8 cm³/mol. The Kier molecular flexibility index (Phi) is 3.56. The van der Waals surface area contributed by atoms with Crippen LogP contribution in [0.4, 0.5) is 18.9 Å². The fourth-order valence-electron chi connectivity index (χ4n) is 0.746. The van der Waals surface area contributed by atoms with Gasteiger partial charge in [0.1, 0.15) is 22.6 Å². The lowest BCUT2D eigenvalue weighted by molar-refractivity contribution is 0.0820. The minimum Gasteiger partial charge on any atom is -0.485 e. The van der Waals surface area contributed by atoms with E-state index in [4.69, 9.17) is 5.73 Å². The van der Waals surface area contributed by atoms with Crippen LogP contribution in [0.2, 0.25) is 0 Å². The number of nitrogens with two attached hydrogens (primary N) is 1. The molecule has 0 aromatic carbocycles. The van der Waals surface area contributed by atoms with Gasteiger partial charge in [-0.3, -0.25) is 0 Å². The molecule has 2 N–H and O–H groups in total. The molecule has 0 aliphatic rings. The van der Waals surface area contributed by atoms with E-state index in [9.17, 15) is 13.2 Å². The first kappa shape index (κ1) is 11.1. The number of halogens is 4. The summed E-state index contributed by atoms with van der Waals surface area (Å²) in [6.45, 7) is -0.833. The molecule has 1 heterocycles. The minimum absolute atomic E-state index is 0.00736. The summed E-state index contributed by atoms with van der Waals surface area (Å²) in [5.74, 6) is -1.000. The molecule has 0 atom stereocenters. The summed E-state index contributed by atoms with van der Waals surface area (Å²) in [6, 6.07) is 0.850. The molecule has 78 valence electrons. The number of nitrogens with zero attached hydrogens (tertiary/aromatic N) is 1. The van der Waals surface area contributed by atoms with E-state index in [0.29, 0.717) is 0 Å². The molecule has 0 radical (unpaired) electrons. The normalized spacial score (nSPS) is 10.6. The predicted octanol–water partition coefficient (Wildman–Crippen LogP) is 2.21. The van der Waals surface area contributed by atoms with E-state index in [-0.39, 0.29) is 16.0 Å². The van der Waals surface area contributed by atoms with Crippen molar-refractivity contribution in [3.05, 3.63) is 16.6 Å². The molecule has 1 rings (SSSR count). The SMILES string of the molecule is Nc1c(OCC(F)F)cc(F)nc1Br. The van der Waals surface area contributed by atoms with Crippen LogP contribution in [0.1, 0.15) is 0 Å². The van der Waals surface area contributed by atoms with E-state index < -0.39 is 19.0 Å².